The number of hydrogen-bond acceptors (Lipinski definition) is 2. The summed E-state index contributed by atoms with van der Waals surface area (Å²) in [6, 6.07) is 11.5. The summed E-state index contributed by atoms with van der Waals surface area (Å²) >= 11 is 0. The fourth-order valence-corrected chi connectivity index (χ4v) is 8.09. The summed E-state index contributed by atoms with van der Waals surface area (Å²) in [5.74, 6) is 0.819. The van der Waals surface area contributed by atoms with Crippen LogP contribution in [0.1, 0.15) is 70.3 Å². The van der Waals surface area contributed by atoms with Gasteiger partial charge in [-0.3, -0.25) is 9.18 Å². The smallest absolute Gasteiger partial charge is 0.226 e. The van der Waals surface area contributed by atoms with Gasteiger partial charge in [-0.25, -0.2) is 0 Å². The van der Waals surface area contributed by atoms with Crippen LogP contribution in [-0.4, -0.2) is 31.2 Å². The number of alkyl halides is 1. The number of rotatable bonds is 5. The molecule has 1 aromatic carbocycles. The highest BCUT2D eigenvalue weighted by Crippen LogP contribution is 2.71. The maximum absolute atomic E-state index is 13.8. The molecule has 2 N–H and O–H groups in total. The second kappa shape index (κ2) is 7.08. The van der Waals surface area contributed by atoms with Crippen molar-refractivity contribution in [3.8, 4) is 0 Å². The van der Waals surface area contributed by atoms with Gasteiger partial charge in [-0.1, -0.05) is 30.3 Å². The van der Waals surface area contributed by atoms with Crippen molar-refractivity contribution in [2.24, 2.45) is 16.7 Å². The monoisotopic (exact) mass is 398 g/mol. The highest BCUT2D eigenvalue weighted by molar-refractivity contribution is 5.84. The summed E-state index contributed by atoms with van der Waals surface area (Å²) in [5.41, 5.74) is 1.12. The molecule has 1 heterocycles. The summed E-state index contributed by atoms with van der Waals surface area (Å²) in [6.07, 6.45) is 8.82. The second-order valence-electron chi connectivity index (χ2n) is 10.9. The van der Waals surface area contributed by atoms with Gasteiger partial charge in [0.15, 0.2) is 0 Å². The van der Waals surface area contributed by atoms with Crippen molar-refractivity contribution in [1.82, 2.24) is 10.6 Å². The molecular weight excluding hydrogens is 363 g/mol. The highest BCUT2D eigenvalue weighted by atomic mass is 19.1. The Balaban J connectivity index is 1.47. The number of hydrogen-bond donors (Lipinski definition) is 2. The molecule has 1 saturated heterocycles. The molecule has 1 amide bonds. The van der Waals surface area contributed by atoms with Crippen molar-refractivity contribution >= 4 is 5.91 Å². The lowest BCUT2D eigenvalue weighted by atomic mass is 9.38. The predicted octanol–water partition coefficient (Wildman–Crippen LogP) is 4.51. The largest absolute Gasteiger partial charge is 0.353 e. The number of carbonyl (C=O) groups excluding carboxylic acids is 1. The first-order chi connectivity index (χ1) is 14.0. The van der Waals surface area contributed by atoms with Crippen LogP contribution in [0.5, 0.6) is 0 Å². The molecule has 0 spiro atoms. The Morgan fingerprint density at radius 3 is 2.76 bits per heavy atom. The van der Waals surface area contributed by atoms with Gasteiger partial charge < -0.3 is 10.6 Å². The van der Waals surface area contributed by atoms with Crippen molar-refractivity contribution in [3.05, 3.63) is 35.9 Å². The molecule has 1 aromatic rings. The maximum Gasteiger partial charge on any atom is 0.226 e. The third-order valence-corrected chi connectivity index (χ3v) is 8.64. The van der Waals surface area contributed by atoms with E-state index in [0.717, 1.165) is 51.5 Å². The zero-order valence-electron chi connectivity index (χ0n) is 17.7. The molecule has 4 bridgehead atoms. The van der Waals surface area contributed by atoms with Crippen molar-refractivity contribution in [2.75, 3.05) is 13.2 Å². The van der Waals surface area contributed by atoms with Crippen molar-refractivity contribution in [3.63, 3.8) is 0 Å². The number of nitrogens with one attached hydrogen (secondary N) is 2. The van der Waals surface area contributed by atoms with Crippen LogP contribution in [0, 0.1) is 16.7 Å². The molecule has 4 saturated carbocycles. The average molecular weight is 399 g/mol. The van der Waals surface area contributed by atoms with Gasteiger partial charge in [0.2, 0.25) is 5.91 Å². The third kappa shape index (κ3) is 3.32. The van der Waals surface area contributed by atoms with Crippen LogP contribution in [0.4, 0.5) is 4.39 Å². The minimum atomic E-state index is -0.307. The lowest BCUT2D eigenvalue weighted by Gasteiger charge is -2.66. The van der Waals surface area contributed by atoms with E-state index < -0.39 is 0 Å². The number of halogens is 1. The van der Waals surface area contributed by atoms with Crippen LogP contribution in [-0.2, 0) is 10.2 Å². The molecule has 4 aliphatic carbocycles. The fraction of sp³-hybridized carbons (Fsp3) is 0.720. The molecule has 1 aliphatic heterocycles. The zero-order chi connectivity index (χ0) is 20.1. The second-order valence-corrected chi connectivity index (χ2v) is 10.9. The summed E-state index contributed by atoms with van der Waals surface area (Å²) in [6.45, 7) is 2.91. The Labute approximate surface area is 174 Å². The van der Waals surface area contributed by atoms with E-state index in [1.807, 2.05) is 0 Å². The average Bonchev–Trinajstić information content (AvgIpc) is 2.68. The van der Waals surface area contributed by atoms with E-state index in [1.165, 1.54) is 12.0 Å². The van der Waals surface area contributed by atoms with Gasteiger partial charge in [0.25, 0.3) is 0 Å². The van der Waals surface area contributed by atoms with Crippen molar-refractivity contribution < 1.29 is 9.18 Å². The lowest BCUT2D eigenvalue weighted by molar-refractivity contribution is -0.165. The molecule has 0 aromatic heterocycles. The summed E-state index contributed by atoms with van der Waals surface area (Å²) in [4.78, 5) is 13.8. The SMILES string of the molecule is C[C@@H]1C[C@@H](NC(=O)C23CC4C[C@@](CCF)(C2)C[C@](c2ccccc2)(C4)C3)CCN1. The van der Waals surface area contributed by atoms with Crippen LogP contribution in [0.15, 0.2) is 30.3 Å². The molecule has 6 rings (SSSR count). The molecule has 5 aliphatic rings. The Morgan fingerprint density at radius 2 is 2.00 bits per heavy atom. The summed E-state index contributed by atoms with van der Waals surface area (Å²) < 4.78 is 13.7. The molecule has 6 atom stereocenters. The van der Waals surface area contributed by atoms with Crippen LogP contribution < -0.4 is 10.6 Å². The molecule has 2 unspecified atom stereocenters. The highest BCUT2D eigenvalue weighted by Gasteiger charge is 2.65. The Morgan fingerprint density at radius 1 is 1.17 bits per heavy atom. The Hall–Kier alpha value is -1.42. The van der Waals surface area contributed by atoms with Gasteiger partial charge in [-0.15, -0.1) is 0 Å². The van der Waals surface area contributed by atoms with Crippen LogP contribution in [0.3, 0.4) is 0 Å². The van der Waals surface area contributed by atoms with E-state index in [9.17, 15) is 9.18 Å². The molecular formula is C25H35FN2O. The molecule has 4 heteroatoms. The summed E-state index contributed by atoms with van der Waals surface area (Å²) in [7, 11) is 0. The first-order valence-corrected chi connectivity index (χ1v) is 11.6. The Bertz CT molecular complexity index is 769. The van der Waals surface area contributed by atoms with Crippen molar-refractivity contribution in [2.45, 2.75) is 82.2 Å². The van der Waals surface area contributed by atoms with Gasteiger partial charge in [0.05, 0.1) is 12.1 Å². The fourth-order valence-electron chi connectivity index (χ4n) is 8.09. The Kier molecular flexibility index (Phi) is 4.77. The maximum atomic E-state index is 13.8. The minimum Gasteiger partial charge on any atom is -0.353 e. The molecule has 0 radical (unpaired) electrons. The first kappa shape index (κ1) is 19.5. The topological polar surface area (TPSA) is 41.1 Å². The van der Waals surface area contributed by atoms with Crippen LogP contribution >= 0.6 is 0 Å². The quantitative estimate of drug-likeness (QED) is 0.766. The molecule has 29 heavy (non-hydrogen) atoms. The number of piperidine rings is 1. The van der Waals surface area contributed by atoms with Crippen LogP contribution in [0.25, 0.3) is 0 Å². The van der Waals surface area contributed by atoms with E-state index in [0.29, 0.717) is 18.4 Å². The number of benzene rings is 1. The first-order valence-electron chi connectivity index (χ1n) is 11.6. The van der Waals surface area contributed by atoms with Gasteiger partial charge in [0, 0.05) is 12.1 Å². The molecule has 158 valence electrons. The standard InChI is InChI=1S/C25H35FN2O/c1-18-11-21(7-10-27-18)28-22(29)25-14-19-12-23(16-25,8-9-26)15-24(13-19,17-25)20-5-3-2-4-6-20/h2-6,18-19,21,27H,7-17H2,1H3,(H,28,29)/t18-,19?,21+,23-,24-,25?/m1/s1. The van der Waals surface area contributed by atoms with Gasteiger partial charge in [-0.05, 0) is 93.6 Å². The lowest BCUT2D eigenvalue weighted by Crippen LogP contribution is -2.63. The van der Waals surface area contributed by atoms with E-state index in [2.05, 4.69) is 47.9 Å². The van der Waals surface area contributed by atoms with E-state index in [4.69, 9.17) is 0 Å². The van der Waals surface area contributed by atoms with E-state index in [-0.39, 0.29) is 34.9 Å². The van der Waals surface area contributed by atoms with Gasteiger partial charge >= 0.3 is 0 Å². The number of amides is 1. The molecule has 3 nitrogen and oxygen atoms in total. The predicted molar refractivity (Wildman–Crippen MR) is 113 cm³/mol. The minimum absolute atomic E-state index is 0.00274. The normalized spacial score (nSPS) is 43.3. The van der Waals surface area contributed by atoms with Crippen LogP contribution in [0.2, 0.25) is 0 Å². The van der Waals surface area contributed by atoms with Gasteiger partial charge in [-0.2, -0.15) is 0 Å². The number of carbonyl (C=O) groups is 1. The zero-order valence-corrected chi connectivity index (χ0v) is 17.7. The molecule has 5 fully saturated rings. The van der Waals surface area contributed by atoms with E-state index >= 15 is 0 Å². The van der Waals surface area contributed by atoms with Gasteiger partial charge in [0.1, 0.15) is 0 Å². The van der Waals surface area contributed by atoms with Crippen molar-refractivity contribution in [1.29, 1.82) is 0 Å². The van der Waals surface area contributed by atoms with E-state index in [1.54, 1.807) is 0 Å². The summed E-state index contributed by atoms with van der Waals surface area (Å²) in [5, 5.41) is 6.94. The third-order valence-electron chi connectivity index (χ3n) is 8.64.